The first-order valence-electron chi connectivity index (χ1n) is 9.54. The van der Waals surface area contributed by atoms with Crippen LogP contribution in [0, 0.1) is 25.7 Å². The molecule has 2 fully saturated rings. The number of aromatic nitrogens is 2. The van der Waals surface area contributed by atoms with E-state index in [9.17, 15) is 0 Å². The lowest BCUT2D eigenvalue weighted by atomic mass is 9.69. The Hall–Kier alpha value is -0.790. The molecule has 0 aromatic carbocycles. The highest BCUT2D eigenvalue weighted by atomic mass is 127. The van der Waals surface area contributed by atoms with Gasteiger partial charge in [-0.15, -0.1) is 24.0 Å². The van der Waals surface area contributed by atoms with Gasteiger partial charge in [0.1, 0.15) is 0 Å². The fraction of sp³-hybridized carbons (Fsp3) is 0.789. The third kappa shape index (κ3) is 4.89. The average Bonchev–Trinajstić information content (AvgIpc) is 2.84. The Morgan fingerprint density at radius 1 is 1.16 bits per heavy atom. The fourth-order valence-corrected chi connectivity index (χ4v) is 4.64. The molecule has 5 nitrogen and oxygen atoms in total. The van der Waals surface area contributed by atoms with Crippen LogP contribution in [0.1, 0.15) is 61.9 Å². The molecule has 0 radical (unpaired) electrons. The van der Waals surface area contributed by atoms with Crippen LogP contribution in [-0.2, 0) is 13.6 Å². The maximum Gasteiger partial charge on any atom is 0.191 e. The van der Waals surface area contributed by atoms with Crippen molar-refractivity contribution in [3.8, 4) is 0 Å². The van der Waals surface area contributed by atoms with Gasteiger partial charge in [-0.3, -0.25) is 9.67 Å². The summed E-state index contributed by atoms with van der Waals surface area (Å²) in [6.07, 6.45) is 9.77. The highest BCUT2D eigenvalue weighted by Gasteiger charge is 2.32. The molecular weight excluding hydrogens is 425 g/mol. The minimum absolute atomic E-state index is 0. The van der Waals surface area contributed by atoms with Crippen LogP contribution in [0.4, 0.5) is 0 Å². The molecule has 0 bridgehead atoms. The maximum atomic E-state index is 4.49. The molecule has 1 heterocycles. The van der Waals surface area contributed by atoms with Gasteiger partial charge in [0.15, 0.2) is 5.96 Å². The van der Waals surface area contributed by atoms with Gasteiger partial charge in [-0.2, -0.15) is 5.10 Å². The minimum Gasteiger partial charge on any atom is -0.354 e. The number of hydrogen-bond donors (Lipinski definition) is 2. The number of fused-ring (bicyclic) bond motifs is 1. The lowest BCUT2D eigenvalue weighted by Crippen LogP contribution is -2.46. The predicted octanol–water partition coefficient (Wildman–Crippen LogP) is 3.68. The van der Waals surface area contributed by atoms with Gasteiger partial charge in [-0.1, -0.05) is 25.7 Å². The first kappa shape index (κ1) is 20.5. The van der Waals surface area contributed by atoms with Gasteiger partial charge in [-0.05, 0) is 44.9 Å². The molecule has 0 saturated heterocycles. The van der Waals surface area contributed by atoms with Crippen molar-refractivity contribution in [3.05, 3.63) is 17.0 Å². The number of nitrogens with zero attached hydrogens (tertiary/aromatic N) is 3. The average molecular weight is 459 g/mol. The van der Waals surface area contributed by atoms with E-state index in [0.29, 0.717) is 6.04 Å². The maximum absolute atomic E-state index is 4.49. The zero-order chi connectivity index (χ0) is 17.1. The van der Waals surface area contributed by atoms with Crippen LogP contribution in [0.3, 0.4) is 0 Å². The lowest BCUT2D eigenvalue weighted by Gasteiger charge is -2.39. The summed E-state index contributed by atoms with van der Waals surface area (Å²) in [5, 5.41) is 11.6. The van der Waals surface area contributed by atoms with Gasteiger partial charge in [0, 0.05) is 37.9 Å². The summed E-state index contributed by atoms with van der Waals surface area (Å²) in [5.74, 6) is 2.86. The Bertz CT molecular complexity index is 595. The molecule has 1 aromatic rings. The summed E-state index contributed by atoms with van der Waals surface area (Å²) >= 11 is 0. The monoisotopic (exact) mass is 459 g/mol. The Kier molecular flexibility index (Phi) is 7.58. The van der Waals surface area contributed by atoms with Crippen molar-refractivity contribution < 1.29 is 0 Å². The van der Waals surface area contributed by atoms with Crippen molar-refractivity contribution in [2.45, 2.75) is 71.4 Å². The summed E-state index contributed by atoms with van der Waals surface area (Å²) in [5.41, 5.74) is 3.59. The Balaban J connectivity index is 0.00000225. The zero-order valence-electron chi connectivity index (χ0n) is 16.1. The van der Waals surface area contributed by atoms with E-state index >= 15 is 0 Å². The molecule has 25 heavy (non-hydrogen) atoms. The van der Waals surface area contributed by atoms with Crippen molar-refractivity contribution in [2.24, 2.45) is 23.9 Å². The number of halogens is 1. The number of hydrogen-bond acceptors (Lipinski definition) is 2. The van der Waals surface area contributed by atoms with Crippen LogP contribution in [-0.4, -0.2) is 28.8 Å². The topological polar surface area (TPSA) is 54.2 Å². The number of aliphatic imine (C=N–C) groups is 1. The van der Waals surface area contributed by atoms with Crippen LogP contribution in [0.5, 0.6) is 0 Å². The zero-order valence-corrected chi connectivity index (χ0v) is 18.5. The van der Waals surface area contributed by atoms with E-state index < -0.39 is 0 Å². The first-order chi connectivity index (χ1) is 11.6. The lowest BCUT2D eigenvalue weighted by molar-refractivity contribution is 0.150. The van der Waals surface area contributed by atoms with Crippen molar-refractivity contribution in [3.63, 3.8) is 0 Å². The van der Waals surface area contributed by atoms with E-state index in [0.717, 1.165) is 30.0 Å². The molecule has 0 spiro atoms. The molecule has 6 heteroatoms. The first-order valence-corrected chi connectivity index (χ1v) is 9.54. The van der Waals surface area contributed by atoms with Crippen molar-refractivity contribution in [1.29, 1.82) is 0 Å². The largest absolute Gasteiger partial charge is 0.354 e. The van der Waals surface area contributed by atoms with Gasteiger partial charge < -0.3 is 10.6 Å². The molecule has 2 aliphatic carbocycles. The van der Waals surface area contributed by atoms with Crippen LogP contribution in [0.25, 0.3) is 0 Å². The molecular formula is C19H34IN5. The Morgan fingerprint density at radius 2 is 1.88 bits per heavy atom. The van der Waals surface area contributed by atoms with Crippen molar-refractivity contribution in [2.75, 3.05) is 7.05 Å². The summed E-state index contributed by atoms with van der Waals surface area (Å²) in [7, 11) is 3.87. The van der Waals surface area contributed by atoms with Crippen molar-refractivity contribution in [1.82, 2.24) is 20.4 Å². The number of rotatable bonds is 3. The van der Waals surface area contributed by atoms with Gasteiger partial charge in [-0.25, -0.2) is 0 Å². The van der Waals surface area contributed by atoms with Gasteiger partial charge in [0.25, 0.3) is 0 Å². The molecule has 2 aliphatic rings. The van der Waals surface area contributed by atoms with Crippen LogP contribution >= 0.6 is 24.0 Å². The molecule has 2 saturated carbocycles. The normalized spacial score (nSPS) is 26.6. The summed E-state index contributed by atoms with van der Waals surface area (Å²) in [6.45, 7) is 4.98. The second-order valence-electron chi connectivity index (χ2n) is 7.66. The molecule has 142 valence electrons. The molecule has 1 aromatic heterocycles. The number of nitrogens with one attached hydrogen (secondary N) is 2. The molecule has 3 unspecified atom stereocenters. The van der Waals surface area contributed by atoms with Gasteiger partial charge >= 0.3 is 0 Å². The number of aryl methyl sites for hydroxylation is 2. The quantitative estimate of drug-likeness (QED) is 0.412. The van der Waals surface area contributed by atoms with Crippen LogP contribution in [0.2, 0.25) is 0 Å². The third-order valence-corrected chi connectivity index (χ3v) is 6.20. The van der Waals surface area contributed by atoms with E-state index in [1.807, 2.05) is 18.8 Å². The van der Waals surface area contributed by atoms with E-state index in [1.54, 1.807) is 0 Å². The van der Waals surface area contributed by atoms with E-state index in [-0.39, 0.29) is 24.0 Å². The van der Waals surface area contributed by atoms with Crippen LogP contribution < -0.4 is 10.6 Å². The summed E-state index contributed by atoms with van der Waals surface area (Å²) in [6, 6.07) is 0.576. The molecule has 0 amide bonds. The highest BCUT2D eigenvalue weighted by molar-refractivity contribution is 14.0. The Labute approximate surface area is 169 Å². The van der Waals surface area contributed by atoms with E-state index in [2.05, 4.69) is 34.6 Å². The SMILES string of the molecule is CN=C(NCc1c(C)nn(C)c1C)NC1CCC2CCCCC2C1.I. The Morgan fingerprint density at radius 3 is 2.52 bits per heavy atom. The van der Waals surface area contributed by atoms with E-state index in [1.165, 1.54) is 56.2 Å². The molecule has 3 rings (SSSR count). The second kappa shape index (κ2) is 9.24. The molecule has 0 aliphatic heterocycles. The number of guanidine groups is 1. The highest BCUT2D eigenvalue weighted by Crippen LogP contribution is 2.40. The summed E-state index contributed by atoms with van der Waals surface area (Å²) in [4.78, 5) is 4.43. The van der Waals surface area contributed by atoms with Crippen molar-refractivity contribution >= 4 is 29.9 Å². The predicted molar refractivity (Wildman–Crippen MR) is 115 cm³/mol. The standard InChI is InChI=1S/C19H33N5.HI/c1-13-18(14(2)24(4)23-13)12-21-19(20-3)22-17-10-9-15-7-5-6-8-16(15)11-17;/h15-17H,5-12H2,1-4H3,(H2,20,21,22);1H. The molecule has 3 atom stereocenters. The molecule has 2 N–H and O–H groups in total. The third-order valence-electron chi connectivity index (χ3n) is 6.20. The van der Waals surface area contributed by atoms with E-state index in [4.69, 9.17) is 0 Å². The van der Waals surface area contributed by atoms with Gasteiger partial charge in [0.05, 0.1) is 5.69 Å². The minimum atomic E-state index is 0. The van der Waals surface area contributed by atoms with Gasteiger partial charge in [0.2, 0.25) is 0 Å². The summed E-state index contributed by atoms with van der Waals surface area (Å²) < 4.78 is 1.95. The van der Waals surface area contributed by atoms with Crippen LogP contribution in [0.15, 0.2) is 4.99 Å². The second-order valence-corrected chi connectivity index (χ2v) is 7.66. The smallest absolute Gasteiger partial charge is 0.191 e. The fourth-order valence-electron chi connectivity index (χ4n) is 4.64.